The average molecular weight is 338 g/mol. The molecule has 2 aromatic rings. The normalized spacial score (nSPS) is 13.1. The van der Waals surface area contributed by atoms with E-state index in [4.69, 9.17) is 15.7 Å². The molecule has 1 aliphatic rings. The number of nitrogens with zero attached hydrogens (tertiary/aromatic N) is 2. The number of hydrogen-bond donors (Lipinski definition) is 2. The monoisotopic (exact) mass is 338 g/mol. The Hall–Kier alpha value is -3.27. The number of methoxy groups -OCH3 is 1. The number of carbonyl (C=O) groups excluding carboxylic acids is 2. The minimum absolute atomic E-state index is 0.00229. The first-order chi connectivity index (χ1) is 12.0. The molecule has 0 atom stereocenters. The van der Waals surface area contributed by atoms with Gasteiger partial charge in [0.1, 0.15) is 6.07 Å². The van der Waals surface area contributed by atoms with Crippen LogP contribution in [0, 0.1) is 11.3 Å². The number of nitrogen functional groups attached to an aromatic ring is 1. The van der Waals surface area contributed by atoms with Gasteiger partial charge in [-0.05, 0) is 30.5 Å². The summed E-state index contributed by atoms with van der Waals surface area (Å²) in [4.78, 5) is 23.9. The molecule has 1 saturated carbocycles. The lowest BCUT2D eigenvalue weighted by Gasteiger charge is -2.09. The zero-order chi connectivity index (χ0) is 18.0. The Bertz CT molecular complexity index is 858. The maximum Gasteiger partial charge on any atom is 0.357 e. The van der Waals surface area contributed by atoms with E-state index in [-0.39, 0.29) is 22.9 Å². The van der Waals surface area contributed by atoms with Gasteiger partial charge in [0.25, 0.3) is 0 Å². The molecule has 1 aliphatic carbocycles. The van der Waals surface area contributed by atoms with Crippen molar-refractivity contribution >= 4 is 17.6 Å². The first-order valence-corrected chi connectivity index (χ1v) is 7.91. The number of ether oxygens (including phenoxy) is 1. The van der Waals surface area contributed by atoms with Crippen LogP contribution in [-0.2, 0) is 16.0 Å². The van der Waals surface area contributed by atoms with Gasteiger partial charge in [0.15, 0.2) is 5.69 Å². The van der Waals surface area contributed by atoms with Crippen molar-refractivity contribution in [3.8, 4) is 11.8 Å². The van der Waals surface area contributed by atoms with E-state index in [2.05, 4.69) is 5.32 Å². The first-order valence-electron chi connectivity index (χ1n) is 7.91. The topological polar surface area (TPSA) is 110 Å². The fraction of sp³-hybridized carbons (Fsp3) is 0.278. The fourth-order valence-corrected chi connectivity index (χ4v) is 2.58. The average Bonchev–Trinajstić information content (AvgIpc) is 3.35. The Morgan fingerprint density at radius 1 is 1.36 bits per heavy atom. The highest BCUT2D eigenvalue weighted by Crippen LogP contribution is 2.25. The lowest BCUT2D eigenvalue weighted by atomic mass is 10.1. The van der Waals surface area contributed by atoms with Crippen molar-refractivity contribution in [2.75, 3.05) is 12.8 Å². The molecule has 0 aliphatic heterocycles. The van der Waals surface area contributed by atoms with Crippen LogP contribution in [0.25, 0.3) is 5.69 Å². The molecule has 1 aromatic carbocycles. The molecule has 128 valence electrons. The Labute approximate surface area is 145 Å². The highest BCUT2D eigenvalue weighted by atomic mass is 16.5. The van der Waals surface area contributed by atoms with Crippen molar-refractivity contribution in [2.24, 2.45) is 0 Å². The molecule has 0 radical (unpaired) electrons. The fourth-order valence-electron chi connectivity index (χ4n) is 2.58. The number of rotatable bonds is 5. The number of hydrogen-bond acceptors (Lipinski definition) is 5. The first kappa shape index (κ1) is 16.6. The number of esters is 1. The van der Waals surface area contributed by atoms with Crippen LogP contribution in [0.2, 0.25) is 0 Å². The van der Waals surface area contributed by atoms with Gasteiger partial charge in [-0.3, -0.25) is 4.79 Å². The second-order valence-electron chi connectivity index (χ2n) is 5.96. The third-order valence-corrected chi connectivity index (χ3v) is 4.07. The van der Waals surface area contributed by atoms with Crippen LogP contribution >= 0.6 is 0 Å². The van der Waals surface area contributed by atoms with Crippen molar-refractivity contribution < 1.29 is 14.3 Å². The molecule has 1 amide bonds. The molecule has 1 aromatic heterocycles. The summed E-state index contributed by atoms with van der Waals surface area (Å²) >= 11 is 0. The summed E-state index contributed by atoms with van der Waals surface area (Å²) in [5.41, 5.74) is 7.79. The second kappa shape index (κ2) is 6.69. The van der Waals surface area contributed by atoms with Crippen molar-refractivity contribution in [3.63, 3.8) is 0 Å². The van der Waals surface area contributed by atoms with E-state index in [9.17, 15) is 9.59 Å². The molecule has 1 heterocycles. The van der Waals surface area contributed by atoms with Gasteiger partial charge < -0.3 is 20.4 Å². The molecule has 0 unspecified atom stereocenters. The summed E-state index contributed by atoms with van der Waals surface area (Å²) in [5.74, 6) is -0.616. The largest absolute Gasteiger partial charge is 0.464 e. The van der Waals surface area contributed by atoms with Crippen molar-refractivity contribution in [2.45, 2.75) is 25.3 Å². The lowest BCUT2D eigenvalue weighted by Crippen LogP contribution is -2.26. The van der Waals surface area contributed by atoms with E-state index >= 15 is 0 Å². The second-order valence-corrected chi connectivity index (χ2v) is 5.96. The van der Waals surface area contributed by atoms with Crippen LogP contribution < -0.4 is 11.1 Å². The molecule has 0 spiro atoms. The quantitative estimate of drug-likeness (QED) is 0.804. The van der Waals surface area contributed by atoms with Gasteiger partial charge in [-0.2, -0.15) is 5.26 Å². The maximum absolute atomic E-state index is 12.0. The smallest absolute Gasteiger partial charge is 0.357 e. The number of carbonyl (C=O) groups is 2. The van der Waals surface area contributed by atoms with Crippen LogP contribution in [0.4, 0.5) is 5.69 Å². The van der Waals surface area contributed by atoms with E-state index in [1.54, 1.807) is 12.1 Å². The zero-order valence-electron chi connectivity index (χ0n) is 13.8. The summed E-state index contributed by atoms with van der Waals surface area (Å²) < 4.78 is 6.28. The van der Waals surface area contributed by atoms with Gasteiger partial charge in [-0.1, -0.05) is 12.1 Å². The predicted molar refractivity (Wildman–Crippen MR) is 91.1 cm³/mol. The van der Waals surface area contributed by atoms with Crippen LogP contribution in [0.5, 0.6) is 0 Å². The molecule has 7 nitrogen and oxygen atoms in total. The number of benzene rings is 1. The molecular weight excluding hydrogens is 320 g/mol. The summed E-state index contributed by atoms with van der Waals surface area (Å²) in [7, 11) is 1.26. The number of aromatic nitrogens is 1. The number of nitrogens with one attached hydrogen (secondary N) is 1. The van der Waals surface area contributed by atoms with E-state index in [0.717, 1.165) is 18.4 Å². The highest BCUT2D eigenvalue weighted by Gasteiger charge is 2.23. The van der Waals surface area contributed by atoms with Crippen LogP contribution in [0.15, 0.2) is 30.5 Å². The van der Waals surface area contributed by atoms with E-state index in [1.807, 2.05) is 18.2 Å². The summed E-state index contributed by atoms with van der Waals surface area (Å²) in [6.45, 7) is 0. The van der Waals surface area contributed by atoms with Gasteiger partial charge in [-0.25, -0.2) is 4.79 Å². The van der Waals surface area contributed by atoms with E-state index in [0.29, 0.717) is 18.2 Å². The van der Waals surface area contributed by atoms with Crippen LogP contribution in [-0.4, -0.2) is 29.6 Å². The highest BCUT2D eigenvalue weighted by molar-refractivity contribution is 5.95. The van der Waals surface area contributed by atoms with Gasteiger partial charge in [-0.15, -0.1) is 0 Å². The van der Waals surface area contributed by atoms with Crippen LogP contribution in [0.1, 0.15) is 34.5 Å². The standard InChI is InChI=1S/C18H18N4O3/c1-25-18(24)17-16(20)12(9-19)10-22(17)14-6-2-11(3-7-14)8-15(23)21-13-4-5-13/h2-3,6-7,10,13H,4-5,8,20H2,1H3,(H,21,23). The molecule has 3 rings (SSSR count). The summed E-state index contributed by atoms with van der Waals surface area (Å²) in [6.07, 6.45) is 3.91. The summed E-state index contributed by atoms with van der Waals surface area (Å²) in [5, 5.41) is 12.1. The Morgan fingerprint density at radius 3 is 2.60 bits per heavy atom. The van der Waals surface area contributed by atoms with Gasteiger partial charge in [0.2, 0.25) is 5.91 Å². The molecule has 1 fully saturated rings. The third-order valence-electron chi connectivity index (χ3n) is 4.07. The third kappa shape index (κ3) is 3.48. The van der Waals surface area contributed by atoms with Crippen LogP contribution in [0.3, 0.4) is 0 Å². The summed E-state index contributed by atoms with van der Waals surface area (Å²) in [6, 6.07) is 9.46. The number of nitrogens with two attached hydrogens (primary N) is 1. The zero-order valence-corrected chi connectivity index (χ0v) is 13.8. The van der Waals surface area contributed by atoms with Gasteiger partial charge in [0.05, 0.1) is 24.8 Å². The van der Waals surface area contributed by atoms with E-state index in [1.165, 1.54) is 17.9 Å². The number of anilines is 1. The van der Waals surface area contributed by atoms with Crippen molar-refractivity contribution in [1.82, 2.24) is 9.88 Å². The van der Waals surface area contributed by atoms with Gasteiger partial charge in [0, 0.05) is 17.9 Å². The Morgan fingerprint density at radius 2 is 2.04 bits per heavy atom. The molecular formula is C18H18N4O3. The minimum atomic E-state index is -0.619. The maximum atomic E-state index is 12.0. The van der Waals surface area contributed by atoms with Crippen molar-refractivity contribution in [1.29, 1.82) is 5.26 Å². The molecule has 0 bridgehead atoms. The molecule has 25 heavy (non-hydrogen) atoms. The Kier molecular flexibility index (Phi) is 4.44. The van der Waals surface area contributed by atoms with E-state index < -0.39 is 5.97 Å². The predicted octanol–water partition coefficient (Wildman–Crippen LogP) is 1.54. The number of amides is 1. The molecule has 3 N–H and O–H groups in total. The molecule has 0 saturated heterocycles. The lowest BCUT2D eigenvalue weighted by molar-refractivity contribution is -0.120. The Balaban J connectivity index is 1.85. The van der Waals surface area contributed by atoms with Crippen molar-refractivity contribution in [3.05, 3.63) is 47.3 Å². The number of nitriles is 1. The van der Waals surface area contributed by atoms with Gasteiger partial charge >= 0.3 is 5.97 Å². The minimum Gasteiger partial charge on any atom is -0.464 e. The SMILES string of the molecule is COC(=O)c1c(N)c(C#N)cn1-c1ccc(CC(=O)NC2CC2)cc1. The molecule has 7 heteroatoms.